The van der Waals surface area contributed by atoms with Crippen LogP contribution in [0, 0.1) is 11.6 Å². The first-order valence-electron chi connectivity index (χ1n) is 8.62. The van der Waals surface area contributed by atoms with E-state index in [1.54, 1.807) is 12.3 Å². The molecule has 0 amide bonds. The molecule has 27 heavy (non-hydrogen) atoms. The summed E-state index contributed by atoms with van der Waals surface area (Å²) in [6.45, 7) is 3.80. The summed E-state index contributed by atoms with van der Waals surface area (Å²) in [6, 6.07) is 5.29. The van der Waals surface area contributed by atoms with E-state index in [1.165, 1.54) is 16.8 Å². The third-order valence-corrected chi connectivity index (χ3v) is 5.20. The lowest BCUT2D eigenvalue weighted by molar-refractivity contribution is 0.0907. The van der Waals surface area contributed by atoms with Gasteiger partial charge >= 0.3 is 0 Å². The molecule has 1 atom stereocenters. The fourth-order valence-electron chi connectivity index (χ4n) is 3.75. The molecule has 4 rings (SSSR count). The molecular weight excluding hydrogens is 350 g/mol. The maximum atomic E-state index is 14.4. The predicted molar refractivity (Wildman–Crippen MR) is 98.8 cm³/mol. The van der Waals surface area contributed by atoms with Gasteiger partial charge in [-0.25, -0.2) is 13.8 Å². The summed E-state index contributed by atoms with van der Waals surface area (Å²) in [5.41, 5.74) is 10.3. The predicted octanol–water partition coefficient (Wildman–Crippen LogP) is 4.10. The second-order valence-corrected chi connectivity index (χ2v) is 6.85. The van der Waals surface area contributed by atoms with Crippen LogP contribution in [0.2, 0.25) is 0 Å². The van der Waals surface area contributed by atoms with Crippen LogP contribution in [-0.2, 0) is 0 Å². The van der Waals surface area contributed by atoms with Gasteiger partial charge in [0.25, 0.3) is 5.91 Å². The minimum absolute atomic E-state index is 0.150. The molecule has 1 aliphatic heterocycles. The topological polar surface area (TPSA) is 73.3 Å². The molecule has 2 aromatic rings. The van der Waals surface area contributed by atoms with Crippen LogP contribution in [0.15, 0.2) is 46.1 Å². The molecule has 0 saturated heterocycles. The maximum absolute atomic E-state index is 14.4. The molecule has 1 aromatic carbocycles. The third-order valence-electron chi connectivity index (χ3n) is 5.20. The van der Waals surface area contributed by atoms with Crippen LogP contribution in [0.1, 0.15) is 48.7 Å². The van der Waals surface area contributed by atoms with Crippen molar-refractivity contribution >= 4 is 23.5 Å². The van der Waals surface area contributed by atoms with Gasteiger partial charge in [-0.15, -0.1) is 0 Å². The number of aromatic nitrogens is 2. The van der Waals surface area contributed by atoms with E-state index in [0.29, 0.717) is 34.8 Å². The highest BCUT2D eigenvalue weighted by atomic mass is 19.1. The summed E-state index contributed by atoms with van der Waals surface area (Å²) < 4.78 is 29.0. The number of allylic oxidation sites excluding steroid dienone is 3. The summed E-state index contributed by atoms with van der Waals surface area (Å²) in [6.07, 6.45) is 2.14. The standard InChI is InChI=1S/C20H18F2N4O/c1-10-14(13-4-3-12(21)7-15(13)22)8-16(23)11(2)20(10)17-9-18-24-6-5-19(27)26(18)25-17/h3-4,6-7,9,20H,5,8,23H2,1-2H3. The highest BCUT2D eigenvalue weighted by Gasteiger charge is 2.31. The molecule has 2 aliphatic rings. The van der Waals surface area contributed by atoms with Crippen molar-refractivity contribution in [3.63, 3.8) is 0 Å². The maximum Gasteiger partial charge on any atom is 0.254 e. The normalized spacial score (nSPS) is 19.7. The molecule has 5 nitrogen and oxygen atoms in total. The van der Waals surface area contributed by atoms with Crippen LogP contribution >= 0.6 is 0 Å². The number of carbonyl (C=O) groups excluding carboxylic acids is 1. The van der Waals surface area contributed by atoms with Gasteiger partial charge in [-0.2, -0.15) is 9.78 Å². The van der Waals surface area contributed by atoms with Gasteiger partial charge in [-0.05, 0) is 37.1 Å². The van der Waals surface area contributed by atoms with Crippen molar-refractivity contribution in [1.82, 2.24) is 9.78 Å². The zero-order chi connectivity index (χ0) is 19.3. The SMILES string of the molecule is CC1=C(N)CC(c2ccc(F)cc2F)=C(C)C1c1cc2n(n1)C(=O)CC=N2. The number of fused-ring (bicyclic) bond motifs is 1. The zero-order valence-electron chi connectivity index (χ0n) is 15.0. The van der Waals surface area contributed by atoms with E-state index in [2.05, 4.69) is 10.1 Å². The van der Waals surface area contributed by atoms with Gasteiger partial charge in [0.15, 0.2) is 5.82 Å². The molecule has 138 valence electrons. The van der Waals surface area contributed by atoms with Gasteiger partial charge in [0, 0.05) is 41.9 Å². The smallest absolute Gasteiger partial charge is 0.254 e. The number of carbonyl (C=O) groups is 1. The summed E-state index contributed by atoms with van der Waals surface area (Å²) in [5.74, 6) is -1.22. The van der Waals surface area contributed by atoms with Crippen LogP contribution in [0.3, 0.4) is 0 Å². The lowest BCUT2D eigenvalue weighted by atomic mass is 9.78. The van der Waals surface area contributed by atoms with Gasteiger partial charge in [0.2, 0.25) is 0 Å². The van der Waals surface area contributed by atoms with E-state index in [0.717, 1.165) is 17.2 Å². The Labute approximate surface area is 154 Å². The van der Waals surface area contributed by atoms with Crippen molar-refractivity contribution in [3.8, 4) is 0 Å². The molecule has 0 spiro atoms. The first-order chi connectivity index (χ1) is 12.9. The second-order valence-electron chi connectivity index (χ2n) is 6.85. The van der Waals surface area contributed by atoms with Crippen molar-refractivity contribution < 1.29 is 13.6 Å². The second kappa shape index (κ2) is 6.26. The van der Waals surface area contributed by atoms with Crippen molar-refractivity contribution in [3.05, 3.63) is 64.0 Å². The molecule has 0 fully saturated rings. The van der Waals surface area contributed by atoms with Crippen LogP contribution in [-0.4, -0.2) is 21.9 Å². The lowest BCUT2D eigenvalue weighted by Crippen LogP contribution is -2.19. The fraction of sp³-hybridized carbons (Fsp3) is 0.250. The number of hydrogen-bond donors (Lipinski definition) is 1. The number of benzene rings is 1. The summed E-state index contributed by atoms with van der Waals surface area (Å²) in [7, 11) is 0. The zero-order valence-corrected chi connectivity index (χ0v) is 15.0. The molecule has 0 bridgehead atoms. The summed E-state index contributed by atoms with van der Waals surface area (Å²) in [4.78, 5) is 16.3. The average molecular weight is 368 g/mol. The first kappa shape index (κ1) is 17.3. The van der Waals surface area contributed by atoms with E-state index >= 15 is 0 Å². The van der Waals surface area contributed by atoms with Crippen LogP contribution < -0.4 is 5.73 Å². The van der Waals surface area contributed by atoms with E-state index in [1.807, 2.05) is 13.8 Å². The Morgan fingerprint density at radius 2 is 1.96 bits per heavy atom. The van der Waals surface area contributed by atoms with Gasteiger partial charge < -0.3 is 5.73 Å². The minimum atomic E-state index is -0.626. The lowest BCUT2D eigenvalue weighted by Gasteiger charge is -2.28. The number of nitrogens with two attached hydrogens (primary N) is 1. The molecule has 1 aliphatic carbocycles. The Morgan fingerprint density at radius 1 is 1.19 bits per heavy atom. The monoisotopic (exact) mass is 368 g/mol. The van der Waals surface area contributed by atoms with E-state index in [-0.39, 0.29) is 18.2 Å². The highest BCUT2D eigenvalue weighted by molar-refractivity contribution is 5.96. The van der Waals surface area contributed by atoms with Crippen LogP contribution in [0.4, 0.5) is 14.6 Å². The van der Waals surface area contributed by atoms with Gasteiger partial charge in [0.05, 0.1) is 12.1 Å². The molecule has 1 unspecified atom stereocenters. The molecule has 2 N–H and O–H groups in total. The third kappa shape index (κ3) is 2.79. The molecule has 1 aromatic heterocycles. The number of aliphatic imine (C=N–C) groups is 1. The van der Waals surface area contributed by atoms with Gasteiger partial charge in [-0.1, -0.05) is 5.57 Å². The Kier molecular flexibility index (Phi) is 4.02. The molecule has 0 radical (unpaired) electrons. The van der Waals surface area contributed by atoms with Crippen molar-refractivity contribution in [2.75, 3.05) is 0 Å². The fourth-order valence-corrected chi connectivity index (χ4v) is 3.75. The van der Waals surface area contributed by atoms with Gasteiger partial charge in [-0.3, -0.25) is 4.79 Å². The number of halogens is 2. The Hall–Kier alpha value is -3.09. The number of hydrogen-bond acceptors (Lipinski definition) is 4. The quantitative estimate of drug-likeness (QED) is 0.867. The van der Waals surface area contributed by atoms with Crippen molar-refractivity contribution in [2.24, 2.45) is 10.7 Å². The molecule has 7 heteroatoms. The minimum Gasteiger partial charge on any atom is -0.402 e. The number of nitrogens with zero attached hydrogens (tertiary/aromatic N) is 3. The molecule has 0 saturated carbocycles. The Balaban J connectivity index is 1.85. The van der Waals surface area contributed by atoms with Crippen LogP contribution in [0.5, 0.6) is 0 Å². The highest BCUT2D eigenvalue weighted by Crippen LogP contribution is 2.44. The number of rotatable bonds is 2. The first-order valence-corrected chi connectivity index (χ1v) is 8.62. The largest absolute Gasteiger partial charge is 0.402 e. The molecular formula is C20H18F2N4O. The van der Waals surface area contributed by atoms with Crippen molar-refractivity contribution in [2.45, 2.75) is 32.6 Å². The van der Waals surface area contributed by atoms with Crippen LogP contribution in [0.25, 0.3) is 5.57 Å². The van der Waals surface area contributed by atoms with Gasteiger partial charge in [0.1, 0.15) is 11.6 Å². The Bertz CT molecular complexity index is 1060. The summed E-state index contributed by atoms with van der Waals surface area (Å²) >= 11 is 0. The summed E-state index contributed by atoms with van der Waals surface area (Å²) in [5, 5.41) is 4.43. The van der Waals surface area contributed by atoms with E-state index in [4.69, 9.17) is 5.73 Å². The average Bonchev–Trinajstić information content (AvgIpc) is 3.04. The van der Waals surface area contributed by atoms with E-state index in [9.17, 15) is 13.6 Å². The van der Waals surface area contributed by atoms with E-state index < -0.39 is 11.6 Å². The Morgan fingerprint density at radius 3 is 2.67 bits per heavy atom. The van der Waals surface area contributed by atoms with Crippen molar-refractivity contribution in [1.29, 1.82) is 0 Å². The molecule has 2 heterocycles.